The summed E-state index contributed by atoms with van der Waals surface area (Å²) in [7, 11) is -3.91. The third kappa shape index (κ3) is 4.41. The molecule has 2 aliphatic rings. The van der Waals surface area contributed by atoms with E-state index in [1.54, 1.807) is 26.1 Å². The van der Waals surface area contributed by atoms with E-state index in [0.717, 1.165) is 42.8 Å². The molecule has 0 N–H and O–H groups in total. The smallest absolute Gasteiger partial charge is 0.285 e. The minimum absolute atomic E-state index is 0.0104. The highest BCUT2D eigenvalue weighted by molar-refractivity contribution is 7.90. The second-order valence-electron chi connectivity index (χ2n) is 7.77. The predicted molar refractivity (Wildman–Crippen MR) is 116 cm³/mol. The van der Waals surface area contributed by atoms with Crippen molar-refractivity contribution in [2.24, 2.45) is 0 Å². The standard InChI is InChI=1S/C21H27N5O4S/c1-16-15-17(2)23-20-19(16)21(27)26(31(20,28)29)12-14-30-13-11-24-7-9-25(10-8-24)18-5-3-4-6-22-18/h3-6,15H,7-14H2,1-2H3. The second-order valence-corrected chi connectivity index (χ2v) is 9.55. The van der Waals surface area contributed by atoms with Crippen LogP contribution < -0.4 is 4.90 Å². The van der Waals surface area contributed by atoms with Gasteiger partial charge in [0.05, 0.1) is 25.3 Å². The molecule has 0 aromatic carbocycles. The van der Waals surface area contributed by atoms with Gasteiger partial charge in [-0.1, -0.05) is 6.07 Å². The maximum Gasteiger partial charge on any atom is 0.285 e. The number of sulfonamides is 1. The van der Waals surface area contributed by atoms with E-state index in [2.05, 4.69) is 19.8 Å². The Morgan fingerprint density at radius 1 is 1.06 bits per heavy atom. The molecule has 2 aromatic heterocycles. The van der Waals surface area contributed by atoms with Crippen LogP contribution in [0.5, 0.6) is 0 Å². The van der Waals surface area contributed by atoms with Gasteiger partial charge >= 0.3 is 0 Å². The molecule has 166 valence electrons. The highest BCUT2D eigenvalue weighted by atomic mass is 32.2. The van der Waals surface area contributed by atoms with Gasteiger partial charge in [0.1, 0.15) is 5.82 Å². The van der Waals surface area contributed by atoms with Crippen LogP contribution in [-0.2, 0) is 14.8 Å². The summed E-state index contributed by atoms with van der Waals surface area (Å²) >= 11 is 0. The lowest BCUT2D eigenvalue weighted by Crippen LogP contribution is -2.47. The minimum Gasteiger partial charge on any atom is -0.378 e. The number of anilines is 1. The van der Waals surface area contributed by atoms with Crippen molar-refractivity contribution in [2.45, 2.75) is 18.9 Å². The Bertz CT molecular complexity index is 1050. The fraction of sp³-hybridized carbons (Fsp3) is 0.476. The van der Waals surface area contributed by atoms with Crippen molar-refractivity contribution < 1.29 is 17.9 Å². The molecule has 10 heteroatoms. The van der Waals surface area contributed by atoms with E-state index >= 15 is 0 Å². The molecular weight excluding hydrogens is 418 g/mol. The van der Waals surface area contributed by atoms with Crippen molar-refractivity contribution >= 4 is 21.7 Å². The first-order valence-electron chi connectivity index (χ1n) is 10.4. The Labute approximate surface area is 182 Å². The molecule has 4 rings (SSSR count). The van der Waals surface area contributed by atoms with Crippen LogP contribution in [-0.4, -0.2) is 86.0 Å². The molecule has 0 bridgehead atoms. The first-order chi connectivity index (χ1) is 14.9. The van der Waals surface area contributed by atoms with Crippen LogP contribution in [0.4, 0.5) is 5.82 Å². The molecule has 0 unspecified atom stereocenters. The second kappa shape index (κ2) is 8.89. The van der Waals surface area contributed by atoms with Gasteiger partial charge in [0, 0.05) is 44.6 Å². The molecule has 0 spiro atoms. The lowest BCUT2D eigenvalue weighted by molar-refractivity contribution is 0.0748. The molecule has 31 heavy (non-hydrogen) atoms. The van der Waals surface area contributed by atoms with Crippen LogP contribution in [0, 0.1) is 13.8 Å². The number of carbonyl (C=O) groups is 1. The van der Waals surface area contributed by atoms with Crippen molar-refractivity contribution in [3.63, 3.8) is 0 Å². The summed E-state index contributed by atoms with van der Waals surface area (Å²) in [6.07, 6.45) is 1.80. The molecule has 9 nitrogen and oxygen atoms in total. The van der Waals surface area contributed by atoms with Gasteiger partial charge in [-0.3, -0.25) is 9.69 Å². The van der Waals surface area contributed by atoms with Gasteiger partial charge in [-0.15, -0.1) is 0 Å². The molecule has 4 heterocycles. The molecular formula is C21H27N5O4S. The fourth-order valence-electron chi connectivity index (χ4n) is 3.99. The van der Waals surface area contributed by atoms with Gasteiger partial charge in [0.15, 0.2) is 5.03 Å². The van der Waals surface area contributed by atoms with Gasteiger partial charge in [-0.05, 0) is 37.6 Å². The van der Waals surface area contributed by atoms with E-state index in [1.165, 1.54) is 0 Å². The highest BCUT2D eigenvalue weighted by Gasteiger charge is 2.43. The summed E-state index contributed by atoms with van der Waals surface area (Å²) in [5, 5.41) is -0.138. The summed E-state index contributed by atoms with van der Waals surface area (Å²) in [5.74, 6) is 0.477. The number of rotatable bonds is 7. The van der Waals surface area contributed by atoms with Gasteiger partial charge in [-0.2, -0.15) is 8.42 Å². The van der Waals surface area contributed by atoms with Crippen molar-refractivity contribution in [1.82, 2.24) is 19.2 Å². The van der Waals surface area contributed by atoms with E-state index in [0.29, 0.717) is 17.9 Å². The predicted octanol–water partition coefficient (Wildman–Crippen LogP) is 1.08. The van der Waals surface area contributed by atoms with Gasteiger partial charge in [-0.25, -0.2) is 14.3 Å². The fourth-order valence-corrected chi connectivity index (χ4v) is 5.59. The number of amides is 1. The summed E-state index contributed by atoms with van der Waals surface area (Å²) in [5.41, 5.74) is 1.38. The molecule has 1 amide bonds. The summed E-state index contributed by atoms with van der Waals surface area (Å²) in [6, 6.07) is 7.64. The largest absolute Gasteiger partial charge is 0.378 e. The number of carbonyl (C=O) groups excluding carboxylic acids is 1. The van der Waals surface area contributed by atoms with Crippen molar-refractivity contribution in [3.05, 3.63) is 47.3 Å². The van der Waals surface area contributed by atoms with E-state index < -0.39 is 15.9 Å². The topological polar surface area (TPSA) is 95.9 Å². The molecule has 0 saturated carbocycles. The zero-order valence-electron chi connectivity index (χ0n) is 17.8. The van der Waals surface area contributed by atoms with E-state index in [1.807, 2.05) is 18.2 Å². The number of pyridine rings is 2. The number of nitrogens with zero attached hydrogens (tertiary/aromatic N) is 5. The zero-order chi connectivity index (χ0) is 22.0. The maximum atomic E-state index is 12.7. The SMILES string of the molecule is Cc1cc(C)c2c(n1)S(=O)(=O)N(CCOCCN1CCN(c3ccccn3)CC1)C2=O. The highest BCUT2D eigenvalue weighted by Crippen LogP contribution is 2.31. The first kappa shape index (κ1) is 21.7. The van der Waals surface area contributed by atoms with Crippen molar-refractivity contribution in [1.29, 1.82) is 0 Å². The Morgan fingerprint density at radius 2 is 1.81 bits per heavy atom. The third-order valence-electron chi connectivity index (χ3n) is 5.62. The van der Waals surface area contributed by atoms with Crippen LogP contribution >= 0.6 is 0 Å². The van der Waals surface area contributed by atoms with Crippen molar-refractivity contribution in [3.8, 4) is 0 Å². The molecule has 0 aliphatic carbocycles. The number of aryl methyl sites for hydroxylation is 2. The number of hydrogen-bond acceptors (Lipinski definition) is 8. The van der Waals surface area contributed by atoms with E-state index in [-0.39, 0.29) is 23.7 Å². The van der Waals surface area contributed by atoms with Crippen LogP contribution in [0.1, 0.15) is 21.6 Å². The monoisotopic (exact) mass is 445 g/mol. The van der Waals surface area contributed by atoms with Crippen molar-refractivity contribution in [2.75, 3.05) is 57.4 Å². The average molecular weight is 446 g/mol. The third-order valence-corrected chi connectivity index (χ3v) is 7.34. The normalized spacial score (nSPS) is 18.5. The van der Waals surface area contributed by atoms with Crippen LogP contribution in [0.25, 0.3) is 0 Å². The van der Waals surface area contributed by atoms with Crippen LogP contribution in [0.3, 0.4) is 0 Å². The summed E-state index contributed by atoms with van der Waals surface area (Å²) in [6.45, 7) is 8.48. The molecule has 0 atom stereocenters. The molecule has 0 radical (unpaired) electrons. The van der Waals surface area contributed by atoms with Gasteiger partial charge in [0.25, 0.3) is 15.9 Å². The number of fused-ring (bicyclic) bond motifs is 1. The van der Waals surface area contributed by atoms with Gasteiger partial charge in [0.2, 0.25) is 0 Å². The summed E-state index contributed by atoms with van der Waals surface area (Å²) in [4.78, 5) is 25.7. The zero-order valence-corrected chi connectivity index (χ0v) is 18.6. The number of hydrogen-bond donors (Lipinski definition) is 0. The first-order valence-corrected chi connectivity index (χ1v) is 11.8. The number of ether oxygens (including phenoxy) is 1. The Hall–Kier alpha value is -2.56. The number of aromatic nitrogens is 2. The molecule has 1 fully saturated rings. The molecule has 1 saturated heterocycles. The van der Waals surface area contributed by atoms with E-state index in [9.17, 15) is 13.2 Å². The van der Waals surface area contributed by atoms with Crippen LogP contribution in [0.15, 0.2) is 35.5 Å². The quantitative estimate of drug-likeness (QED) is 0.584. The van der Waals surface area contributed by atoms with Gasteiger partial charge < -0.3 is 9.64 Å². The Kier molecular flexibility index (Phi) is 6.22. The summed E-state index contributed by atoms with van der Waals surface area (Å²) < 4.78 is 32.0. The number of piperazine rings is 1. The lowest BCUT2D eigenvalue weighted by Gasteiger charge is -2.35. The average Bonchev–Trinajstić information content (AvgIpc) is 2.94. The van der Waals surface area contributed by atoms with Crippen LogP contribution in [0.2, 0.25) is 0 Å². The Morgan fingerprint density at radius 3 is 2.52 bits per heavy atom. The lowest BCUT2D eigenvalue weighted by atomic mass is 10.1. The maximum absolute atomic E-state index is 12.7. The Balaban J connectivity index is 1.22. The minimum atomic E-state index is -3.91. The molecule has 2 aliphatic heterocycles. The van der Waals surface area contributed by atoms with E-state index in [4.69, 9.17) is 4.74 Å². The molecule has 2 aromatic rings.